The van der Waals surface area contributed by atoms with Crippen LogP contribution in [0.3, 0.4) is 0 Å². The molecule has 2 aromatic rings. The lowest BCUT2D eigenvalue weighted by molar-refractivity contribution is 0.355. The first-order chi connectivity index (χ1) is 12.1. The van der Waals surface area contributed by atoms with Gasteiger partial charge in [-0.1, -0.05) is 19.0 Å². The molecule has 2 rings (SSSR count). The minimum atomic E-state index is 0. The predicted molar refractivity (Wildman–Crippen MR) is 114 cm³/mol. The number of nitrogens with zero attached hydrogens (tertiary/aromatic N) is 2. The summed E-state index contributed by atoms with van der Waals surface area (Å²) in [6, 6.07) is 7.38. The summed E-state index contributed by atoms with van der Waals surface area (Å²) >= 11 is 0. The molecule has 0 bridgehead atoms. The van der Waals surface area contributed by atoms with Gasteiger partial charge in [0.25, 0.3) is 0 Å². The van der Waals surface area contributed by atoms with E-state index in [9.17, 15) is 0 Å². The van der Waals surface area contributed by atoms with E-state index >= 15 is 0 Å². The second kappa shape index (κ2) is 10.9. The third kappa shape index (κ3) is 5.79. The van der Waals surface area contributed by atoms with Crippen molar-refractivity contribution in [3.05, 3.63) is 35.7 Å². The van der Waals surface area contributed by atoms with Crippen molar-refractivity contribution in [2.75, 3.05) is 19.5 Å². The number of hydrogen-bond acceptors (Lipinski definition) is 5. The number of anilines is 1. The molecule has 0 amide bonds. The van der Waals surface area contributed by atoms with Gasteiger partial charge in [0.15, 0.2) is 23.2 Å². The van der Waals surface area contributed by atoms with Crippen LogP contribution in [0, 0.1) is 0 Å². The standard InChI is InChI=1S/C18H26N4O3.HI/c1-5-12(6-2)15-10-14(25-22-15)11-20-18(19)21-13-7-8-16(23-3)17(9-13)24-4;/h7-10,12H,5-6,11H2,1-4H3,(H3,19,20,21);1H. The van der Waals surface area contributed by atoms with Crippen LogP contribution < -0.4 is 20.5 Å². The van der Waals surface area contributed by atoms with E-state index in [2.05, 4.69) is 29.3 Å². The summed E-state index contributed by atoms with van der Waals surface area (Å²) in [6.07, 6.45) is 2.07. The van der Waals surface area contributed by atoms with Gasteiger partial charge in [-0.2, -0.15) is 0 Å². The van der Waals surface area contributed by atoms with Crippen molar-refractivity contribution in [1.82, 2.24) is 5.16 Å². The topological polar surface area (TPSA) is 94.9 Å². The molecule has 0 aliphatic rings. The molecule has 0 atom stereocenters. The Kier molecular flexibility index (Phi) is 9.25. The maximum Gasteiger partial charge on any atom is 0.193 e. The van der Waals surface area contributed by atoms with Gasteiger partial charge in [0.05, 0.1) is 19.9 Å². The minimum absolute atomic E-state index is 0. The number of benzene rings is 1. The highest BCUT2D eigenvalue weighted by Crippen LogP contribution is 2.29. The Bertz CT molecular complexity index is 714. The number of aromatic nitrogens is 1. The fourth-order valence-corrected chi connectivity index (χ4v) is 2.57. The molecule has 0 radical (unpaired) electrons. The third-order valence-corrected chi connectivity index (χ3v) is 4.04. The first-order valence-electron chi connectivity index (χ1n) is 8.35. The number of ether oxygens (including phenoxy) is 2. The van der Waals surface area contributed by atoms with Gasteiger partial charge in [-0.25, -0.2) is 4.99 Å². The Morgan fingerprint density at radius 3 is 2.50 bits per heavy atom. The van der Waals surface area contributed by atoms with Crippen LogP contribution in [0.15, 0.2) is 33.8 Å². The molecule has 8 heteroatoms. The van der Waals surface area contributed by atoms with Crippen LogP contribution in [0.2, 0.25) is 0 Å². The molecule has 0 aliphatic heterocycles. The second-order valence-corrected chi connectivity index (χ2v) is 5.63. The molecule has 3 N–H and O–H groups in total. The number of nitrogens with one attached hydrogen (secondary N) is 1. The van der Waals surface area contributed by atoms with E-state index in [1.54, 1.807) is 26.4 Å². The van der Waals surface area contributed by atoms with Crippen LogP contribution in [0.25, 0.3) is 0 Å². The molecular weight excluding hydrogens is 447 g/mol. The summed E-state index contributed by atoms with van der Waals surface area (Å²) in [5.41, 5.74) is 7.67. The number of hydrogen-bond donors (Lipinski definition) is 2. The summed E-state index contributed by atoms with van der Waals surface area (Å²) in [7, 11) is 3.18. The van der Waals surface area contributed by atoms with Crippen molar-refractivity contribution < 1.29 is 14.0 Å². The first kappa shape index (κ1) is 22.1. The Balaban J connectivity index is 0.00000338. The van der Waals surface area contributed by atoms with Crippen molar-refractivity contribution in [3.63, 3.8) is 0 Å². The lowest BCUT2D eigenvalue weighted by atomic mass is 9.99. The molecule has 7 nitrogen and oxygen atoms in total. The molecule has 1 aromatic carbocycles. The lowest BCUT2D eigenvalue weighted by Crippen LogP contribution is -2.22. The van der Waals surface area contributed by atoms with Gasteiger partial charge in [0.2, 0.25) is 0 Å². The number of methoxy groups -OCH3 is 2. The lowest BCUT2D eigenvalue weighted by Gasteiger charge is -2.10. The van der Waals surface area contributed by atoms with Crippen molar-refractivity contribution in [2.45, 2.75) is 39.2 Å². The van der Waals surface area contributed by atoms with Crippen LogP contribution in [0.4, 0.5) is 5.69 Å². The van der Waals surface area contributed by atoms with Crippen LogP contribution in [-0.2, 0) is 6.54 Å². The Labute approximate surface area is 171 Å². The van der Waals surface area contributed by atoms with Gasteiger partial charge in [-0.3, -0.25) is 0 Å². The van der Waals surface area contributed by atoms with E-state index < -0.39 is 0 Å². The number of halogens is 1. The number of rotatable bonds is 8. The summed E-state index contributed by atoms with van der Waals surface area (Å²) in [5, 5.41) is 7.15. The molecule has 0 fully saturated rings. The fraction of sp³-hybridized carbons (Fsp3) is 0.444. The largest absolute Gasteiger partial charge is 0.493 e. The molecule has 0 saturated carbocycles. The highest BCUT2D eigenvalue weighted by atomic mass is 127. The predicted octanol–water partition coefficient (Wildman–Crippen LogP) is 4.14. The molecular formula is C18H27IN4O3. The molecule has 0 saturated heterocycles. The average molecular weight is 474 g/mol. The number of guanidine groups is 1. The maximum atomic E-state index is 5.94. The zero-order chi connectivity index (χ0) is 18.2. The third-order valence-electron chi connectivity index (χ3n) is 4.04. The molecule has 144 valence electrons. The van der Waals surface area contributed by atoms with Crippen molar-refractivity contribution >= 4 is 35.6 Å². The minimum Gasteiger partial charge on any atom is -0.493 e. The first-order valence-corrected chi connectivity index (χ1v) is 8.35. The van der Waals surface area contributed by atoms with Gasteiger partial charge in [0, 0.05) is 23.7 Å². The monoisotopic (exact) mass is 474 g/mol. The Hall–Kier alpha value is -1.97. The molecule has 0 aliphatic carbocycles. The van der Waals surface area contributed by atoms with Gasteiger partial charge >= 0.3 is 0 Å². The van der Waals surface area contributed by atoms with E-state index in [-0.39, 0.29) is 29.9 Å². The van der Waals surface area contributed by atoms with Gasteiger partial charge in [-0.15, -0.1) is 24.0 Å². The van der Waals surface area contributed by atoms with E-state index in [1.165, 1.54) is 0 Å². The Morgan fingerprint density at radius 1 is 1.19 bits per heavy atom. The van der Waals surface area contributed by atoms with Gasteiger partial charge in [0.1, 0.15) is 6.54 Å². The van der Waals surface area contributed by atoms with Crippen LogP contribution >= 0.6 is 24.0 Å². The molecule has 1 aromatic heterocycles. The fourth-order valence-electron chi connectivity index (χ4n) is 2.57. The SMILES string of the molecule is CCC(CC)c1cc(CN=C(N)Nc2ccc(OC)c(OC)c2)on1.I. The van der Waals surface area contributed by atoms with Crippen molar-refractivity contribution in [2.24, 2.45) is 10.7 Å². The average Bonchev–Trinajstić information content (AvgIpc) is 3.09. The van der Waals surface area contributed by atoms with Crippen LogP contribution in [0.5, 0.6) is 11.5 Å². The van der Waals surface area contributed by atoms with Crippen molar-refractivity contribution in [3.8, 4) is 11.5 Å². The van der Waals surface area contributed by atoms with Crippen LogP contribution in [0.1, 0.15) is 44.1 Å². The summed E-state index contributed by atoms with van der Waals surface area (Å²) in [5.74, 6) is 2.67. The molecule has 0 spiro atoms. The maximum absolute atomic E-state index is 5.94. The summed E-state index contributed by atoms with van der Waals surface area (Å²) in [6.45, 7) is 4.62. The van der Waals surface area contributed by atoms with Crippen LogP contribution in [-0.4, -0.2) is 25.3 Å². The molecule has 26 heavy (non-hydrogen) atoms. The normalized spacial score (nSPS) is 11.2. The quantitative estimate of drug-likeness (QED) is 0.339. The van der Waals surface area contributed by atoms with Crippen molar-refractivity contribution in [1.29, 1.82) is 0 Å². The van der Waals surface area contributed by atoms with E-state index in [0.717, 1.165) is 24.2 Å². The van der Waals surface area contributed by atoms with Gasteiger partial charge in [-0.05, 0) is 25.0 Å². The zero-order valence-electron chi connectivity index (χ0n) is 15.6. The Morgan fingerprint density at radius 2 is 1.88 bits per heavy atom. The highest BCUT2D eigenvalue weighted by Gasteiger charge is 2.12. The number of nitrogens with two attached hydrogens (primary N) is 1. The summed E-state index contributed by atoms with van der Waals surface area (Å²) < 4.78 is 15.8. The zero-order valence-corrected chi connectivity index (χ0v) is 17.9. The summed E-state index contributed by atoms with van der Waals surface area (Å²) in [4.78, 5) is 4.29. The number of aliphatic imine (C=N–C) groups is 1. The van der Waals surface area contributed by atoms with E-state index in [4.69, 9.17) is 19.7 Å². The van der Waals surface area contributed by atoms with E-state index in [0.29, 0.717) is 29.7 Å². The second-order valence-electron chi connectivity index (χ2n) is 5.63. The molecule has 0 unspecified atom stereocenters. The molecule has 1 heterocycles. The smallest absolute Gasteiger partial charge is 0.193 e. The highest BCUT2D eigenvalue weighted by molar-refractivity contribution is 14.0. The van der Waals surface area contributed by atoms with E-state index in [1.807, 2.05) is 12.1 Å². The van der Waals surface area contributed by atoms with Gasteiger partial charge < -0.3 is 25.0 Å².